The Hall–Kier alpha value is -4.80. The highest BCUT2D eigenvalue weighted by Crippen LogP contribution is 2.32. The van der Waals surface area contributed by atoms with E-state index in [-0.39, 0.29) is 18.2 Å². The van der Waals surface area contributed by atoms with Crippen molar-refractivity contribution in [2.75, 3.05) is 17.3 Å². The third-order valence-electron chi connectivity index (χ3n) is 4.34. The van der Waals surface area contributed by atoms with Crippen LogP contribution in [0.2, 0.25) is 0 Å². The Kier molecular flexibility index (Phi) is 5.98. The first kappa shape index (κ1) is 20.5. The van der Waals surface area contributed by atoms with E-state index >= 15 is 0 Å². The lowest BCUT2D eigenvalue weighted by Gasteiger charge is -2.12. The van der Waals surface area contributed by atoms with Crippen molar-refractivity contribution < 1.29 is 14.5 Å². The molecule has 4 aromatic rings. The molecule has 3 N–H and O–H groups in total. The van der Waals surface area contributed by atoms with Gasteiger partial charge in [-0.05, 0) is 36.4 Å². The lowest BCUT2D eigenvalue weighted by Crippen LogP contribution is -2.34. The summed E-state index contributed by atoms with van der Waals surface area (Å²) in [6.45, 7) is -0.288. The van der Waals surface area contributed by atoms with E-state index in [9.17, 15) is 14.9 Å². The van der Waals surface area contributed by atoms with Crippen LogP contribution in [0.1, 0.15) is 0 Å². The molecule has 11 heteroatoms. The maximum absolute atomic E-state index is 12.1. The first-order valence-electron chi connectivity index (χ1n) is 9.44. The molecule has 4 rings (SSSR count). The van der Waals surface area contributed by atoms with Crippen molar-refractivity contribution in [1.82, 2.24) is 20.4 Å². The number of amides is 1. The van der Waals surface area contributed by atoms with Crippen molar-refractivity contribution in [3.05, 3.63) is 83.3 Å². The standard InChI is InChI=1S/C21H17N7O4/c29-18(12-32-14-6-2-1-3-7-14)26-27-21-19(28(30)31)20(23-13-24-21)25-17-10-4-9-16-15(17)8-5-11-22-16/h1-11,13H,12H2,(H,26,29)(H2,23,24,25,27). The number of nitrogens with one attached hydrogen (secondary N) is 3. The monoisotopic (exact) mass is 431 g/mol. The lowest BCUT2D eigenvalue weighted by atomic mass is 10.2. The number of carbonyl (C=O) groups excluding carboxylic acids is 1. The van der Waals surface area contributed by atoms with E-state index in [1.165, 1.54) is 0 Å². The maximum atomic E-state index is 12.1. The van der Waals surface area contributed by atoms with Crippen LogP contribution in [0.5, 0.6) is 5.75 Å². The van der Waals surface area contributed by atoms with Gasteiger partial charge in [0.25, 0.3) is 5.91 Å². The van der Waals surface area contributed by atoms with Gasteiger partial charge in [0.2, 0.25) is 11.6 Å². The normalized spacial score (nSPS) is 10.4. The van der Waals surface area contributed by atoms with Gasteiger partial charge in [-0.1, -0.05) is 24.3 Å². The summed E-state index contributed by atoms with van der Waals surface area (Å²) in [5, 5.41) is 15.5. The highest BCUT2D eigenvalue weighted by Gasteiger charge is 2.24. The van der Waals surface area contributed by atoms with Gasteiger partial charge >= 0.3 is 5.69 Å². The van der Waals surface area contributed by atoms with Crippen LogP contribution in [0.3, 0.4) is 0 Å². The van der Waals surface area contributed by atoms with Crippen LogP contribution in [0.4, 0.5) is 23.0 Å². The molecule has 11 nitrogen and oxygen atoms in total. The number of nitro groups is 1. The summed E-state index contributed by atoms with van der Waals surface area (Å²) in [6.07, 6.45) is 2.80. The Bertz CT molecular complexity index is 1260. The molecule has 2 aromatic carbocycles. The zero-order valence-electron chi connectivity index (χ0n) is 16.6. The number of hydrogen-bond donors (Lipinski definition) is 3. The molecule has 0 unspecified atom stereocenters. The average molecular weight is 431 g/mol. The maximum Gasteiger partial charge on any atom is 0.355 e. The zero-order chi connectivity index (χ0) is 22.3. The molecule has 1 amide bonds. The van der Waals surface area contributed by atoms with Crippen molar-refractivity contribution in [2.24, 2.45) is 0 Å². The van der Waals surface area contributed by atoms with Crippen LogP contribution in [0.15, 0.2) is 73.2 Å². The molecular formula is C21H17N7O4. The van der Waals surface area contributed by atoms with Crippen molar-refractivity contribution in [2.45, 2.75) is 0 Å². The number of nitrogens with zero attached hydrogens (tertiary/aromatic N) is 4. The van der Waals surface area contributed by atoms with Gasteiger partial charge in [-0.15, -0.1) is 0 Å². The summed E-state index contributed by atoms with van der Waals surface area (Å²) in [7, 11) is 0. The Labute approximate surface area is 181 Å². The number of rotatable bonds is 8. The number of benzene rings is 2. The molecule has 0 aliphatic rings. The van der Waals surface area contributed by atoms with E-state index in [0.29, 0.717) is 11.4 Å². The van der Waals surface area contributed by atoms with Crippen molar-refractivity contribution in [1.29, 1.82) is 0 Å². The third-order valence-corrected chi connectivity index (χ3v) is 4.34. The quantitative estimate of drug-likeness (QED) is 0.283. The van der Waals surface area contributed by atoms with Gasteiger partial charge in [-0.25, -0.2) is 9.97 Å². The largest absolute Gasteiger partial charge is 0.484 e. The highest BCUT2D eigenvalue weighted by atomic mass is 16.6. The fourth-order valence-corrected chi connectivity index (χ4v) is 2.91. The molecule has 0 saturated heterocycles. The molecule has 0 aliphatic carbocycles. The predicted octanol–water partition coefficient (Wildman–Crippen LogP) is 3.20. The number of aromatic nitrogens is 3. The number of hydrogen-bond acceptors (Lipinski definition) is 9. The molecule has 0 spiro atoms. The molecule has 32 heavy (non-hydrogen) atoms. The Balaban J connectivity index is 1.50. The molecule has 0 atom stereocenters. The molecular weight excluding hydrogens is 414 g/mol. The van der Waals surface area contributed by atoms with Crippen molar-refractivity contribution in [3.63, 3.8) is 0 Å². The molecule has 2 heterocycles. The Morgan fingerprint density at radius 1 is 0.969 bits per heavy atom. The molecule has 0 bridgehead atoms. The van der Waals surface area contributed by atoms with Gasteiger partial charge in [-0.3, -0.25) is 30.7 Å². The van der Waals surface area contributed by atoms with Crippen LogP contribution in [0.25, 0.3) is 10.9 Å². The van der Waals surface area contributed by atoms with E-state index < -0.39 is 16.5 Å². The number of ether oxygens (including phenoxy) is 1. The minimum atomic E-state index is -0.638. The molecule has 0 aliphatic heterocycles. The van der Waals surface area contributed by atoms with Gasteiger partial charge < -0.3 is 10.1 Å². The SMILES string of the molecule is O=C(COc1ccccc1)NNc1ncnc(Nc2cccc3ncccc23)c1[N+](=O)[O-]. The number of anilines is 3. The topological polar surface area (TPSA) is 144 Å². The smallest absolute Gasteiger partial charge is 0.355 e. The van der Waals surface area contributed by atoms with Gasteiger partial charge in [0.1, 0.15) is 12.1 Å². The molecule has 160 valence electrons. The van der Waals surface area contributed by atoms with Crippen LogP contribution >= 0.6 is 0 Å². The minimum Gasteiger partial charge on any atom is -0.484 e. The first-order chi connectivity index (χ1) is 15.6. The molecule has 0 radical (unpaired) electrons. The fourth-order valence-electron chi connectivity index (χ4n) is 2.91. The van der Waals surface area contributed by atoms with Crippen LogP contribution in [-0.4, -0.2) is 32.4 Å². The van der Waals surface area contributed by atoms with Gasteiger partial charge in [0, 0.05) is 17.3 Å². The van der Waals surface area contributed by atoms with Crippen molar-refractivity contribution in [3.8, 4) is 5.75 Å². The highest BCUT2D eigenvalue weighted by molar-refractivity contribution is 5.93. The van der Waals surface area contributed by atoms with Gasteiger partial charge in [0.05, 0.1) is 10.4 Å². The second kappa shape index (κ2) is 9.34. The van der Waals surface area contributed by atoms with E-state index in [4.69, 9.17) is 4.74 Å². The van der Waals surface area contributed by atoms with Crippen LogP contribution < -0.4 is 20.9 Å². The van der Waals surface area contributed by atoms with Crippen molar-refractivity contribution >= 4 is 39.8 Å². The summed E-state index contributed by atoms with van der Waals surface area (Å²) < 4.78 is 5.34. The molecule has 0 fully saturated rings. The summed E-state index contributed by atoms with van der Waals surface area (Å²) >= 11 is 0. The number of para-hydroxylation sites is 1. The summed E-state index contributed by atoms with van der Waals surface area (Å²) in [5.74, 6) is -0.249. The fraction of sp³-hybridized carbons (Fsp3) is 0.0476. The van der Waals surface area contributed by atoms with Gasteiger partial charge in [-0.2, -0.15) is 0 Å². The second-order valence-electron chi connectivity index (χ2n) is 6.45. The van der Waals surface area contributed by atoms with E-state index in [1.807, 2.05) is 18.2 Å². The molecule has 2 aromatic heterocycles. The van der Waals surface area contributed by atoms with Crippen LogP contribution in [-0.2, 0) is 4.79 Å². The van der Waals surface area contributed by atoms with E-state index in [1.54, 1.807) is 48.7 Å². The van der Waals surface area contributed by atoms with E-state index in [2.05, 4.69) is 31.1 Å². The van der Waals surface area contributed by atoms with Gasteiger partial charge in [0.15, 0.2) is 6.61 Å². The molecule has 0 saturated carbocycles. The third kappa shape index (κ3) is 4.67. The minimum absolute atomic E-state index is 0.0429. The van der Waals surface area contributed by atoms with Crippen LogP contribution in [0, 0.1) is 10.1 Å². The summed E-state index contributed by atoms with van der Waals surface area (Å²) in [5.41, 5.74) is 5.68. The number of carbonyl (C=O) groups is 1. The predicted molar refractivity (Wildman–Crippen MR) is 117 cm³/mol. The Morgan fingerprint density at radius 3 is 2.59 bits per heavy atom. The van der Waals surface area contributed by atoms with E-state index in [0.717, 1.165) is 17.2 Å². The number of fused-ring (bicyclic) bond motifs is 1. The average Bonchev–Trinajstić information content (AvgIpc) is 2.82. The summed E-state index contributed by atoms with van der Waals surface area (Å²) in [4.78, 5) is 35.3. The lowest BCUT2D eigenvalue weighted by molar-refractivity contribution is -0.383. The Morgan fingerprint density at radius 2 is 1.78 bits per heavy atom. The first-order valence-corrected chi connectivity index (χ1v) is 9.44. The number of pyridine rings is 1. The zero-order valence-corrected chi connectivity index (χ0v) is 16.6. The summed E-state index contributed by atoms with van der Waals surface area (Å²) in [6, 6.07) is 17.7. The second-order valence-corrected chi connectivity index (χ2v) is 6.45. The number of hydrazine groups is 1.